The van der Waals surface area contributed by atoms with Crippen LogP contribution in [0.3, 0.4) is 0 Å². The Bertz CT molecular complexity index is 1380. The predicted octanol–water partition coefficient (Wildman–Crippen LogP) is 5.22. The number of morpholine rings is 1. The Morgan fingerprint density at radius 2 is 1.78 bits per heavy atom. The van der Waals surface area contributed by atoms with Gasteiger partial charge in [0.05, 0.1) is 23.7 Å². The van der Waals surface area contributed by atoms with Gasteiger partial charge in [-0.15, -0.1) is 0 Å². The Kier molecular flexibility index (Phi) is 7.11. The van der Waals surface area contributed by atoms with Gasteiger partial charge in [0, 0.05) is 49.8 Å². The lowest BCUT2D eigenvalue weighted by Crippen LogP contribution is -2.42. The first-order valence-electron chi connectivity index (χ1n) is 11.7. The van der Waals surface area contributed by atoms with Crippen molar-refractivity contribution in [3.05, 3.63) is 76.1 Å². The van der Waals surface area contributed by atoms with E-state index in [1.54, 1.807) is 35.0 Å². The van der Waals surface area contributed by atoms with Crippen LogP contribution in [0.15, 0.2) is 53.6 Å². The molecule has 0 saturated carbocycles. The fourth-order valence-electron chi connectivity index (χ4n) is 4.49. The van der Waals surface area contributed by atoms with E-state index in [2.05, 4.69) is 4.90 Å². The molecule has 0 unspecified atom stereocenters. The van der Waals surface area contributed by atoms with Crippen molar-refractivity contribution in [1.82, 2.24) is 14.4 Å². The van der Waals surface area contributed by atoms with Gasteiger partial charge in [-0.1, -0.05) is 12.1 Å². The van der Waals surface area contributed by atoms with E-state index in [0.717, 1.165) is 42.4 Å². The summed E-state index contributed by atoms with van der Waals surface area (Å²) in [6, 6.07) is 9.74. The molecule has 2 saturated heterocycles. The van der Waals surface area contributed by atoms with Gasteiger partial charge in [-0.2, -0.15) is 13.2 Å². The highest BCUT2D eigenvalue weighted by Gasteiger charge is 2.35. The zero-order valence-corrected chi connectivity index (χ0v) is 20.4. The van der Waals surface area contributed by atoms with Crippen LogP contribution in [0.2, 0.25) is 0 Å². The van der Waals surface area contributed by atoms with Gasteiger partial charge in [0.2, 0.25) is 0 Å². The number of amides is 2. The smallest absolute Gasteiger partial charge is 0.379 e. The van der Waals surface area contributed by atoms with Gasteiger partial charge >= 0.3 is 6.18 Å². The summed E-state index contributed by atoms with van der Waals surface area (Å²) in [7, 11) is 0. The normalized spacial score (nSPS) is 18.5. The zero-order chi connectivity index (χ0) is 26.2. The number of carbonyl (C=O) groups is 2. The maximum atomic E-state index is 13.5. The van der Waals surface area contributed by atoms with E-state index in [1.165, 1.54) is 4.90 Å². The van der Waals surface area contributed by atoms with Gasteiger partial charge in [0.15, 0.2) is 0 Å². The topological polar surface area (TPSA) is 54.8 Å². The fourth-order valence-corrected chi connectivity index (χ4v) is 5.36. The van der Waals surface area contributed by atoms with Crippen molar-refractivity contribution in [3.8, 4) is 0 Å². The van der Waals surface area contributed by atoms with E-state index in [0.29, 0.717) is 48.4 Å². The Hall–Kier alpha value is -3.15. The summed E-state index contributed by atoms with van der Waals surface area (Å²) in [5, 5.41) is 0.451. The molecular weight excluding hydrogens is 510 g/mol. The summed E-state index contributed by atoms with van der Waals surface area (Å²) in [5.74, 6) is -1.28. The Morgan fingerprint density at radius 3 is 2.54 bits per heavy atom. The van der Waals surface area contributed by atoms with Gasteiger partial charge < -0.3 is 9.30 Å². The molecule has 0 aliphatic carbocycles. The quantitative estimate of drug-likeness (QED) is 0.322. The lowest BCUT2D eigenvalue weighted by Gasteiger charge is -2.27. The molecule has 0 N–H and O–H groups in total. The molecule has 11 heteroatoms. The maximum Gasteiger partial charge on any atom is 0.416 e. The van der Waals surface area contributed by atoms with E-state index in [-0.39, 0.29) is 23.3 Å². The summed E-state index contributed by atoms with van der Waals surface area (Å²) in [5.41, 5.74) is 0.339. The molecule has 2 fully saturated rings. The summed E-state index contributed by atoms with van der Waals surface area (Å²) >= 11 is 0.894. The number of alkyl halides is 3. The molecule has 0 radical (unpaired) electrons. The number of ether oxygens (including phenoxy) is 1. The Balaban J connectivity index is 1.32. The van der Waals surface area contributed by atoms with Gasteiger partial charge in [-0.25, -0.2) is 4.39 Å². The second-order valence-corrected chi connectivity index (χ2v) is 9.84. The highest BCUT2D eigenvalue weighted by atomic mass is 32.2. The first-order valence-corrected chi connectivity index (χ1v) is 12.5. The van der Waals surface area contributed by atoms with Crippen molar-refractivity contribution in [2.75, 3.05) is 39.4 Å². The lowest BCUT2D eigenvalue weighted by atomic mass is 10.1. The fraction of sp³-hybridized carbons (Fsp3) is 0.308. The Morgan fingerprint density at radius 1 is 1.00 bits per heavy atom. The number of carbonyl (C=O) groups excluding carboxylic acids is 2. The number of benzene rings is 2. The first kappa shape index (κ1) is 25.5. The van der Waals surface area contributed by atoms with Crippen LogP contribution in [0.4, 0.5) is 22.4 Å². The van der Waals surface area contributed by atoms with Crippen molar-refractivity contribution in [2.45, 2.75) is 12.7 Å². The van der Waals surface area contributed by atoms with Crippen LogP contribution < -0.4 is 0 Å². The minimum atomic E-state index is -4.67. The third-order valence-electron chi connectivity index (χ3n) is 6.43. The van der Waals surface area contributed by atoms with Crippen molar-refractivity contribution < 1.29 is 31.9 Å². The van der Waals surface area contributed by atoms with Crippen molar-refractivity contribution in [2.24, 2.45) is 0 Å². The number of rotatable bonds is 6. The molecule has 0 bridgehead atoms. The monoisotopic (exact) mass is 533 g/mol. The number of halogens is 4. The van der Waals surface area contributed by atoms with Crippen LogP contribution in [-0.2, 0) is 22.3 Å². The first-order chi connectivity index (χ1) is 17.7. The molecule has 0 atom stereocenters. The van der Waals surface area contributed by atoms with Crippen LogP contribution >= 0.6 is 11.8 Å². The average Bonchev–Trinajstić information content (AvgIpc) is 3.38. The molecule has 2 aliphatic heterocycles. The Labute approximate surface area is 214 Å². The van der Waals surface area contributed by atoms with E-state index >= 15 is 0 Å². The highest BCUT2D eigenvalue weighted by Crippen LogP contribution is 2.34. The summed E-state index contributed by atoms with van der Waals surface area (Å²) in [6.45, 7) is 3.64. The van der Waals surface area contributed by atoms with Crippen molar-refractivity contribution in [3.63, 3.8) is 0 Å². The van der Waals surface area contributed by atoms with Crippen LogP contribution in [-0.4, -0.2) is 64.9 Å². The van der Waals surface area contributed by atoms with Gasteiger partial charge in [-0.3, -0.25) is 19.4 Å². The van der Waals surface area contributed by atoms with Crippen molar-refractivity contribution >= 4 is 39.9 Å². The highest BCUT2D eigenvalue weighted by molar-refractivity contribution is 8.18. The summed E-state index contributed by atoms with van der Waals surface area (Å²) in [6.07, 6.45) is -1.35. The molecule has 6 nitrogen and oxygen atoms in total. The standard InChI is InChI=1S/C26H23F4N3O3S/c27-20-3-2-19(21(15-20)26(28,29)30)16-32-6-5-18-13-17(1-4-22(18)32)14-23-24(34)33(25(35)37-23)8-7-31-9-11-36-12-10-31/h1-6,13-15H,7-12,16H2/b23-14-. The summed E-state index contributed by atoms with van der Waals surface area (Å²) in [4.78, 5) is 29.0. The molecule has 0 spiro atoms. The molecule has 2 aromatic carbocycles. The van der Waals surface area contributed by atoms with Gasteiger partial charge in [0.25, 0.3) is 11.1 Å². The van der Waals surface area contributed by atoms with Crippen LogP contribution in [0.5, 0.6) is 0 Å². The SMILES string of the molecule is O=C1S/C(=C\c2ccc3c(ccn3Cc3ccc(F)cc3C(F)(F)F)c2)C(=O)N1CCN1CCOCC1. The second-order valence-electron chi connectivity index (χ2n) is 8.85. The average molecular weight is 534 g/mol. The number of fused-ring (bicyclic) bond motifs is 1. The van der Waals surface area contributed by atoms with E-state index in [1.807, 2.05) is 6.07 Å². The number of nitrogens with zero attached hydrogens (tertiary/aromatic N) is 3. The maximum absolute atomic E-state index is 13.5. The number of thioether (sulfide) groups is 1. The van der Waals surface area contributed by atoms with Crippen molar-refractivity contribution in [1.29, 1.82) is 0 Å². The molecule has 37 heavy (non-hydrogen) atoms. The summed E-state index contributed by atoms with van der Waals surface area (Å²) < 4.78 is 60.6. The number of imide groups is 1. The van der Waals surface area contributed by atoms with Gasteiger partial charge in [-0.05, 0) is 59.3 Å². The van der Waals surface area contributed by atoms with E-state index in [9.17, 15) is 27.2 Å². The van der Waals surface area contributed by atoms with E-state index in [4.69, 9.17) is 4.74 Å². The van der Waals surface area contributed by atoms with Crippen LogP contribution in [0, 0.1) is 5.82 Å². The molecule has 2 amide bonds. The van der Waals surface area contributed by atoms with Crippen LogP contribution in [0.25, 0.3) is 17.0 Å². The predicted molar refractivity (Wildman–Crippen MR) is 132 cm³/mol. The lowest BCUT2D eigenvalue weighted by molar-refractivity contribution is -0.138. The number of hydrogen-bond donors (Lipinski definition) is 0. The van der Waals surface area contributed by atoms with Gasteiger partial charge in [0.1, 0.15) is 5.82 Å². The number of aromatic nitrogens is 1. The minimum absolute atomic E-state index is 0.0405. The molecule has 3 heterocycles. The third kappa shape index (κ3) is 5.58. The molecule has 5 rings (SSSR count). The van der Waals surface area contributed by atoms with E-state index < -0.39 is 17.6 Å². The molecule has 1 aromatic heterocycles. The largest absolute Gasteiger partial charge is 0.416 e. The molecule has 3 aromatic rings. The molecular formula is C26H23F4N3O3S. The second kappa shape index (κ2) is 10.3. The third-order valence-corrected chi connectivity index (χ3v) is 7.34. The van der Waals surface area contributed by atoms with Crippen LogP contribution in [0.1, 0.15) is 16.7 Å². The zero-order valence-electron chi connectivity index (χ0n) is 19.6. The molecule has 2 aliphatic rings. The molecule has 194 valence electrons. The minimum Gasteiger partial charge on any atom is -0.379 e. The number of hydrogen-bond acceptors (Lipinski definition) is 5.